The lowest BCUT2D eigenvalue weighted by molar-refractivity contribution is -0.137. The molecule has 1 amide bonds. The lowest BCUT2D eigenvalue weighted by Crippen LogP contribution is -2.21. The van der Waals surface area contributed by atoms with E-state index in [1.54, 1.807) is 18.2 Å². The summed E-state index contributed by atoms with van der Waals surface area (Å²) in [6.07, 6.45) is 6.58. The minimum atomic E-state index is -0.756. The number of aliphatic carboxylic acids is 1. The van der Waals surface area contributed by atoms with E-state index in [2.05, 4.69) is 21.2 Å². The van der Waals surface area contributed by atoms with Crippen LogP contribution in [0.2, 0.25) is 0 Å². The Kier molecular flexibility index (Phi) is 7.72. The third-order valence-corrected chi connectivity index (χ3v) is 3.04. The van der Waals surface area contributed by atoms with Gasteiger partial charge in [0.2, 0.25) is 5.91 Å². The van der Waals surface area contributed by atoms with Crippen molar-refractivity contribution in [2.24, 2.45) is 0 Å². The van der Waals surface area contributed by atoms with Crippen LogP contribution >= 0.6 is 15.9 Å². The maximum Gasteiger partial charge on any atom is 0.303 e. The normalized spacial score (nSPS) is 10.8. The molecule has 2 N–H and O–H groups in total. The summed E-state index contributed by atoms with van der Waals surface area (Å²) in [6, 6.07) is 3.52. The molecule has 1 heterocycles. The van der Waals surface area contributed by atoms with Gasteiger partial charge in [0.15, 0.2) is 4.67 Å². The van der Waals surface area contributed by atoms with Crippen molar-refractivity contribution < 1.29 is 19.1 Å². The fourth-order valence-electron chi connectivity index (χ4n) is 1.60. The van der Waals surface area contributed by atoms with Gasteiger partial charge in [-0.25, -0.2) is 0 Å². The Labute approximate surface area is 126 Å². The molecule has 6 heteroatoms. The SMILES string of the molecule is O=C(O)CCCCCCNC(=O)/C=C/c1ccc(Br)o1. The Morgan fingerprint density at radius 3 is 2.65 bits per heavy atom. The Hall–Kier alpha value is -1.56. The molecule has 0 atom stereocenters. The van der Waals surface area contributed by atoms with Gasteiger partial charge in [-0.2, -0.15) is 0 Å². The number of rotatable bonds is 9. The first kappa shape index (κ1) is 16.5. The number of halogens is 1. The van der Waals surface area contributed by atoms with Crippen LogP contribution in [0.1, 0.15) is 37.9 Å². The molecule has 0 aliphatic heterocycles. The molecule has 0 bridgehead atoms. The van der Waals surface area contributed by atoms with Crippen LogP contribution in [0.5, 0.6) is 0 Å². The van der Waals surface area contributed by atoms with Crippen LogP contribution < -0.4 is 5.32 Å². The standard InChI is InChI=1S/C14H18BrNO4/c15-12-8-6-11(20-12)7-9-13(17)16-10-4-2-1-3-5-14(18)19/h6-9H,1-5,10H2,(H,16,17)(H,18,19)/b9-7+. The van der Waals surface area contributed by atoms with E-state index in [4.69, 9.17) is 9.52 Å². The number of carbonyl (C=O) groups is 2. The molecule has 0 aromatic carbocycles. The predicted octanol–water partition coefficient (Wildman–Crippen LogP) is 3.21. The molecule has 0 spiro atoms. The van der Waals surface area contributed by atoms with Crippen LogP contribution in [0, 0.1) is 0 Å². The molecule has 0 radical (unpaired) electrons. The van der Waals surface area contributed by atoms with Crippen molar-refractivity contribution in [3.8, 4) is 0 Å². The zero-order valence-electron chi connectivity index (χ0n) is 11.1. The van der Waals surface area contributed by atoms with Crippen LogP contribution in [0.4, 0.5) is 0 Å². The van der Waals surface area contributed by atoms with Gasteiger partial charge in [-0.15, -0.1) is 0 Å². The van der Waals surface area contributed by atoms with Gasteiger partial charge in [-0.3, -0.25) is 9.59 Å². The van der Waals surface area contributed by atoms with Crippen LogP contribution in [0.3, 0.4) is 0 Å². The maximum absolute atomic E-state index is 11.5. The first-order valence-corrected chi connectivity index (χ1v) is 7.30. The number of carboxylic acids is 1. The third kappa shape index (κ3) is 7.78. The van der Waals surface area contributed by atoms with Crippen LogP contribution in [-0.4, -0.2) is 23.5 Å². The topological polar surface area (TPSA) is 79.5 Å². The lowest BCUT2D eigenvalue weighted by atomic mass is 10.1. The summed E-state index contributed by atoms with van der Waals surface area (Å²) in [6.45, 7) is 0.595. The fourth-order valence-corrected chi connectivity index (χ4v) is 1.92. The van der Waals surface area contributed by atoms with Crippen molar-refractivity contribution in [1.29, 1.82) is 0 Å². The molecule has 5 nitrogen and oxygen atoms in total. The van der Waals surface area contributed by atoms with Gasteiger partial charge in [0.1, 0.15) is 5.76 Å². The number of furan rings is 1. The number of hydrogen-bond donors (Lipinski definition) is 2. The molecule has 110 valence electrons. The van der Waals surface area contributed by atoms with Gasteiger partial charge >= 0.3 is 5.97 Å². The van der Waals surface area contributed by atoms with Crippen LogP contribution in [0.15, 0.2) is 27.3 Å². The Morgan fingerprint density at radius 2 is 2.00 bits per heavy atom. The number of nitrogens with one attached hydrogen (secondary N) is 1. The third-order valence-electron chi connectivity index (χ3n) is 2.61. The van der Waals surface area contributed by atoms with Gasteiger partial charge in [0.05, 0.1) is 0 Å². The molecule has 1 aromatic heterocycles. The second-order valence-electron chi connectivity index (χ2n) is 4.32. The number of carboxylic acid groups (broad SMARTS) is 1. The Bertz CT molecular complexity index is 467. The fraction of sp³-hybridized carbons (Fsp3) is 0.429. The van der Waals surface area contributed by atoms with Gasteiger partial charge in [0.25, 0.3) is 0 Å². The van der Waals surface area contributed by atoms with Gasteiger partial charge in [0, 0.05) is 19.0 Å². The van der Waals surface area contributed by atoms with E-state index < -0.39 is 5.97 Å². The predicted molar refractivity (Wildman–Crippen MR) is 79.2 cm³/mol. The van der Waals surface area contributed by atoms with Crippen LogP contribution in [-0.2, 0) is 9.59 Å². The van der Waals surface area contributed by atoms with E-state index in [-0.39, 0.29) is 12.3 Å². The lowest BCUT2D eigenvalue weighted by Gasteiger charge is -2.01. The molecule has 1 aromatic rings. The monoisotopic (exact) mass is 343 g/mol. The smallest absolute Gasteiger partial charge is 0.303 e. The van der Waals surface area contributed by atoms with Crippen molar-refractivity contribution >= 4 is 33.9 Å². The highest BCUT2D eigenvalue weighted by Crippen LogP contribution is 2.14. The summed E-state index contributed by atoms with van der Waals surface area (Å²) >= 11 is 3.18. The Balaban J connectivity index is 2.05. The summed E-state index contributed by atoms with van der Waals surface area (Å²) in [7, 11) is 0. The minimum Gasteiger partial charge on any atom is -0.481 e. The van der Waals surface area contributed by atoms with Gasteiger partial charge in [-0.05, 0) is 47.0 Å². The molecule has 0 aliphatic rings. The Morgan fingerprint density at radius 1 is 1.25 bits per heavy atom. The molecule has 0 saturated carbocycles. The van der Waals surface area contributed by atoms with Crippen molar-refractivity contribution in [3.63, 3.8) is 0 Å². The number of hydrogen-bond acceptors (Lipinski definition) is 3. The second-order valence-corrected chi connectivity index (χ2v) is 5.11. The highest BCUT2D eigenvalue weighted by molar-refractivity contribution is 9.10. The molecule has 20 heavy (non-hydrogen) atoms. The zero-order valence-corrected chi connectivity index (χ0v) is 12.7. The average Bonchev–Trinajstić information content (AvgIpc) is 2.81. The first-order chi connectivity index (χ1) is 9.58. The van der Waals surface area contributed by atoms with E-state index in [9.17, 15) is 9.59 Å². The molecule has 0 saturated heterocycles. The van der Waals surface area contributed by atoms with Crippen molar-refractivity contribution in [3.05, 3.63) is 28.6 Å². The molecule has 0 unspecified atom stereocenters. The summed E-state index contributed by atoms with van der Waals surface area (Å²) < 4.78 is 5.85. The molecule has 0 fully saturated rings. The molecule has 0 aliphatic carbocycles. The minimum absolute atomic E-state index is 0.164. The van der Waals surface area contributed by atoms with Crippen molar-refractivity contribution in [1.82, 2.24) is 5.32 Å². The molecular formula is C14H18BrNO4. The summed E-state index contributed by atoms with van der Waals surface area (Å²) in [5.41, 5.74) is 0. The van der Waals surface area contributed by atoms with E-state index in [1.807, 2.05) is 0 Å². The van der Waals surface area contributed by atoms with E-state index in [1.165, 1.54) is 6.08 Å². The summed E-state index contributed by atoms with van der Waals surface area (Å²) in [4.78, 5) is 21.8. The van der Waals surface area contributed by atoms with E-state index in [0.29, 0.717) is 23.4 Å². The molecule has 1 rings (SSSR count). The average molecular weight is 344 g/mol. The highest BCUT2D eigenvalue weighted by Gasteiger charge is 1.99. The number of carbonyl (C=O) groups excluding carboxylic acids is 1. The largest absolute Gasteiger partial charge is 0.481 e. The zero-order chi connectivity index (χ0) is 14.8. The van der Waals surface area contributed by atoms with Gasteiger partial charge in [-0.1, -0.05) is 12.8 Å². The number of unbranched alkanes of at least 4 members (excludes halogenated alkanes) is 3. The first-order valence-electron chi connectivity index (χ1n) is 6.51. The highest BCUT2D eigenvalue weighted by atomic mass is 79.9. The molecular weight excluding hydrogens is 326 g/mol. The number of amides is 1. The van der Waals surface area contributed by atoms with E-state index in [0.717, 1.165) is 19.3 Å². The second kappa shape index (κ2) is 9.36. The quantitative estimate of drug-likeness (QED) is 0.533. The maximum atomic E-state index is 11.5. The van der Waals surface area contributed by atoms with Gasteiger partial charge < -0.3 is 14.8 Å². The van der Waals surface area contributed by atoms with E-state index >= 15 is 0 Å². The van der Waals surface area contributed by atoms with Crippen LogP contribution in [0.25, 0.3) is 6.08 Å². The van der Waals surface area contributed by atoms with Crippen molar-refractivity contribution in [2.75, 3.05) is 6.54 Å². The summed E-state index contributed by atoms with van der Waals surface area (Å²) in [5, 5.41) is 11.2. The van der Waals surface area contributed by atoms with Crippen molar-refractivity contribution in [2.45, 2.75) is 32.1 Å². The summed E-state index contributed by atoms with van der Waals surface area (Å²) in [5.74, 6) is -0.309.